The van der Waals surface area contributed by atoms with E-state index in [1.54, 1.807) is 14.2 Å². The van der Waals surface area contributed by atoms with Gasteiger partial charge in [0.25, 0.3) is 0 Å². The summed E-state index contributed by atoms with van der Waals surface area (Å²) in [6.07, 6.45) is 0.365. The third kappa shape index (κ3) is 5.58. The summed E-state index contributed by atoms with van der Waals surface area (Å²) in [4.78, 5) is 12.2. The van der Waals surface area contributed by atoms with E-state index in [9.17, 15) is 4.79 Å². The fraction of sp³-hybridized carbons (Fsp3) is 0.350. The summed E-state index contributed by atoms with van der Waals surface area (Å²) in [5.41, 5.74) is 1.54. The molecule has 1 amide bonds. The van der Waals surface area contributed by atoms with E-state index in [0.717, 1.165) is 5.69 Å². The highest BCUT2D eigenvalue weighted by atomic mass is 16.5. The molecule has 0 bridgehead atoms. The first-order chi connectivity index (χ1) is 12.5. The van der Waals surface area contributed by atoms with Gasteiger partial charge in [0.05, 0.1) is 26.0 Å². The molecule has 0 atom stereocenters. The van der Waals surface area contributed by atoms with Gasteiger partial charge in [-0.1, -0.05) is 12.1 Å². The minimum atomic E-state index is -0.0854. The zero-order valence-electron chi connectivity index (χ0n) is 15.7. The van der Waals surface area contributed by atoms with Crippen molar-refractivity contribution in [2.75, 3.05) is 31.4 Å². The first-order valence-corrected chi connectivity index (χ1v) is 8.55. The molecule has 0 aromatic heterocycles. The standard InChI is InChI=1S/C20H26N2O4/c1-14(2)26-17-8-6-5-7-16(17)22-20(23)11-12-21-15-9-10-18(24-3)19(13-15)25-4/h5-10,13-14,21H,11-12H2,1-4H3,(H,22,23). The average molecular weight is 358 g/mol. The van der Waals surface area contributed by atoms with Crippen LogP contribution in [0.25, 0.3) is 0 Å². The summed E-state index contributed by atoms with van der Waals surface area (Å²) in [6.45, 7) is 4.39. The van der Waals surface area contributed by atoms with Crippen LogP contribution in [-0.2, 0) is 4.79 Å². The number of ether oxygens (including phenoxy) is 3. The van der Waals surface area contributed by atoms with Crippen molar-refractivity contribution in [3.05, 3.63) is 42.5 Å². The molecule has 0 spiro atoms. The van der Waals surface area contributed by atoms with Gasteiger partial charge >= 0.3 is 0 Å². The van der Waals surface area contributed by atoms with E-state index in [1.165, 1.54) is 0 Å². The predicted octanol–water partition coefficient (Wildman–Crippen LogP) is 3.93. The summed E-state index contributed by atoms with van der Waals surface area (Å²) >= 11 is 0. The van der Waals surface area contributed by atoms with Gasteiger partial charge in [0.1, 0.15) is 5.75 Å². The molecule has 0 radical (unpaired) electrons. The third-order valence-corrected chi connectivity index (χ3v) is 3.59. The van der Waals surface area contributed by atoms with Crippen molar-refractivity contribution in [3.8, 4) is 17.2 Å². The van der Waals surface area contributed by atoms with Crippen LogP contribution < -0.4 is 24.8 Å². The smallest absolute Gasteiger partial charge is 0.226 e. The van der Waals surface area contributed by atoms with E-state index in [1.807, 2.05) is 56.3 Å². The van der Waals surface area contributed by atoms with Crippen molar-refractivity contribution in [2.45, 2.75) is 26.4 Å². The van der Waals surface area contributed by atoms with Crippen LogP contribution in [0, 0.1) is 0 Å². The van der Waals surface area contributed by atoms with E-state index >= 15 is 0 Å². The second kappa shape index (κ2) is 9.56. The molecule has 2 N–H and O–H groups in total. The molecule has 2 aromatic carbocycles. The van der Waals surface area contributed by atoms with E-state index in [0.29, 0.717) is 35.9 Å². The van der Waals surface area contributed by atoms with Crippen LogP contribution in [-0.4, -0.2) is 32.8 Å². The fourth-order valence-corrected chi connectivity index (χ4v) is 2.41. The van der Waals surface area contributed by atoms with E-state index in [2.05, 4.69) is 10.6 Å². The van der Waals surface area contributed by atoms with Crippen molar-refractivity contribution >= 4 is 17.3 Å². The van der Waals surface area contributed by atoms with Crippen LogP contribution in [0.4, 0.5) is 11.4 Å². The van der Waals surface area contributed by atoms with Crippen molar-refractivity contribution in [3.63, 3.8) is 0 Å². The highest BCUT2D eigenvalue weighted by molar-refractivity contribution is 5.92. The van der Waals surface area contributed by atoms with Gasteiger partial charge < -0.3 is 24.8 Å². The Morgan fingerprint density at radius 2 is 1.73 bits per heavy atom. The third-order valence-electron chi connectivity index (χ3n) is 3.59. The Kier molecular flexibility index (Phi) is 7.14. The minimum Gasteiger partial charge on any atom is -0.493 e. The topological polar surface area (TPSA) is 68.8 Å². The second-order valence-corrected chi connectivity index (χ2v) is 5.96. The van der Waals surface area contributed by atoms with Gasteiger partial charge in [-0.3, -0.25) is 4.79 Å². The summed E-state index contributed by atoms with van der Waals surface area (Å²) < 4.78 is 16.2. The summed E-state index contributed by atoms with van der Waals surface area (Å²) in [6, 6.07) is 13.0. The van der Waals surface area contributed by atoms with E-state index in [4.69, 9.17) is 14.2 Å². The van der Waals surface area contributed by atoms with Crippen LogP contribution in [0.5, 0.6) is 17.2 Å². The van der Waals surface area contributed by atoms with Crippen molar-refractivity contribution in [1.82, 2.24) is 0 Å². The van der Waals surface area contributed by atoms with Crippen molar-refractivity contribution < 1.29 is 19.0 Å². The second-order valence-electron chi connectivity index (χ2n) is 5.96. The van der Waals surface area contributed by atoms with Gasteiger partial charge in [-0.15, -0.1) is 0 Å². The lowest BCUT2D eigenvalue weighted by molar-refractivity contribution is -0.116. The Morgan fingerprint density at radius 3 is 2.42 bits per heavy atom. The molecular weight excluding hydrogens is 332 g/mol. The lowest BCUT2D eigenvalue weighted by Gasteiger charge is -2.15. The Bertz CT molecular complexity index is 732. The van der Waals surface area contributed by atoms with E-state index < -0.39 is 0 Å². The maximum atomic E-state index is 12.2. The molecular formula is C20H26N2O4. The summed E-state index contributed by atoms with van der Waals surface area (Å²) in [5, 5.41) is 6.10. The van der Waals surface area contributed by atoms with Crippen LogP contribution in [0.3, 0.4) is 0 Å². The normalized spacial score (nSPS) is 10.3. The summed E-state index contributed by atoms with van der Waals surface area (Å²) in [5.74, 6) is 1.89. The zero-order chi connectivity index (χ0) is 18.9. The molecule has 0 unspecified atom stereocenters. The molecule has 0 aliphatic carbocycles. The zero-order valence-corrected chi connectivity index (χ0v) is 15.7. The predicted molar refractivity (Wildman–Crippen MR) is 103 cm³/mol. The first kappa shape index (κ1) is 19.4. The number of carbonyl (C=O) groups is 1. The Morgan fingerprint density at radius 1 is 1.00 bits per heavy atom. The molecule has 2 rings (SSSR count). The molecule has 0 aliphatic heterocycles. The number of para-hydroxylation sites is 2. The maximum Gasteiger partial charge on any atom is 0.226 e. The average Bonchev–Trinajstić information content (AvgIpc) is 2.62. The number of carbonyl (C=O) groups excluding carboxylic acids is 1. The number of hydrogen-bond acceptors (Lipinski definition) is 5. The number of hydrogen-bond donors (Lipinski definition) is 2. The largest absolute Gasteiger partial charge is 0.493 e. The molecule has 6 heteroatoms. The monoisotopic (exact) mass is 358 g/mol. The van der Waals surface area contributed by atoms with Crippen LogP contribution in [0.1, 0.15) is 20.3 Å². The molecule has 0 saturated carbocycles. The molecule has 0 heterocycles. The fourth-order valence-electron chi connectivity index (χ4n) is 2.41. The quantitative estimate of drug-likeness (QED) is 0.711. The number of methoxy groups -OCH3 is 2. The Hall–Kier alpha value is -2.89. The maximum absolute atomic E-state index is 12.2. The molecule has 6 nitrogen and oxygen atoms in total. The number of amides is 1. The van der Waals surface area contributed by atoms with Crippen LogP contribution in [0.2, 0.25) is 0 Å². The lowest BCUT2D eigenvalue weighted by atomic mass is 10.2. The SMILES string of the molecule is COc1ccc(NCCC(=O)Nc2ccccc2OC(C)C)cc1OC. The van der Waals surface area contributed by atoms with Crippen LogP contribution in [0.15, 0.2) is 42.5 Å². The Balaban J connectivity index is 1.88. The van der Waals surface area contributed by atoms with Gasteiger partial charge in [-0.2, -0.15) is 0 Å². The van der Waals surface area contributed by atoms with Crippen molar-refractivity contribution in [1.29, 1.82) is 0 Å². The molecule has 140 valence electrons. The first-order valence-electron chi connectivity index (χ1n) is 8.55. The molecule has 2 aromatic rings. The van der Waals surface area contributed by atoms with Gasteiger partial charge in [0.15, 0.2) is 11.5 Å². The number of rotatable bonds is 9. The van der Waals surface area contributed by atoms with Gasteiger partial charge in [-0.05, 0) is 38.1 Å². The number of nitrogens with one attached hydrogen (secondary N) is 2. The Labute approximate surface area is 154 Å². The van der Waals surface area contributed by atoms with E-state index in [-0.39, 0.29) is 12.0 Å². The number of anilines is 2. The highest BCUT2D eigenvalue weighted by Gasteiger charge is 2.09. The molecule has 0 aliphatic rings. The van der Waals surface area contributed by atoms with Gasteiger partial charge in [0.2, 0.25) is 5.91 Å². The lowest BCUT2D eigenvalue weighted by Crippen LogP contribution is -2.17. The summed E-state index contributed by atoms with van der Waals surface area (Å²) in [7, 11) is 3.18. The highest BCUT2D eigenvalue weighted by Crippen LogP contribution is 2.29. The van der Waals surface area contributed by atoms with Crippen molar-refractivity contribution in [2.24, 2.45) is 0 Å². The van der Waals surface area contributed by atoms with Crippen LogP contribution >= 0.6 is 0 Å². The molecule has 0 saturated heterocycles. The number of benzene rings is 2. The molecule has 0 fully saturated rings. The molecule has 26 heavy (non-hydrogen) atoms. The van der Waals surface area contributed by atoms with Gasteiger partial charge in [-0.25, -0.2) is 0 Å². The van der Waals surface area contributed by atoms with Gasteiger partial charge in [0, 0.05) is 24.7 Å². The minimum absolute atomic E-state index is 0.0415.